The first-order valence-electron chi connectivity index (χ1n) is 11.6. The molecule has 1 aliphatic heterocycles. The number of rotatable bonds is 6. The van der Waals surface area contributed by atoms with Gasteiger partial charge < -0.3 is 14.5 Å². The van der Waals surface area contributed by atoms with Crippen LogP contribution in [-0.4, -0.2) is 25.2 Å². The molecule has 0 bridgehead atoms. The van der Waals surface area contributed by atoms with Crippen LogP contribution in [0.5, 0.6) is 5.75 Å². The van der Waals surface area contributed by atoms with Crippen molar-refractivity contribution in [2.24, 2.45) is 0 Å². The van der Waals surface area contributed by atoms with Gasteiger partial charge in [-0.3, -0.25) is 0 Å². The predicted molar refractivity (Wildman–Crippen MR) is 134 cm³/mol. The number of methoxy groups -OCH3 is 1. The number of ether oxygens (including phenoxy) is 1. The van der Waals surface area contributed by atoms with E-state index >= 15 is 0 Å². The van der Waals surface area contributed by atoms with Crippen molar-refractivity contribution >= 4 is 5.69 Å². The zero-order chi connectivity index (χ0) is 23.0. The van der Waals surface area contributed by atoms with Gasteiger partial charge in [-0.05, 0) is 71.6 Å². The van der Waals surface area contributed by atoms with Crippen LogP contribution >= 0.6 is 0 Å². The first-order chi connectivity index (χ1) is 14.6. The molecule has 168 valence electrons. The highest BCUT2D eigenvalue weighted by molar-refractivity contribution is 5.80. The molecule has 0 fully saturated rings. The molecule has 3 heteroatoms. The van der Waals surface area contributed by atoms with Crippen molar-refractivity contribution in [2.75, 3.05) is 19.1 Å². The standard InChI is InChI=1S/C28H40N2O/c1-17(2)22-13-24(18(3)4)28(25(14-22)19(5)6)23-15-26(20(7)27(16-23)31-10)30-12-11-29(9)21(30)8/h11-19,21H,1-10H3/t21-/m1/s1. The first-order valence-corrected chi connectivity index (χ1v) is 11.6. The molecule has 31 heavy (non-hydrogen) atoms. The van der Waals surface area contributed by atoms with Gasteiger partial charge in [0.1, 0.15) is 11.9 Å². The molecule has 2 aromatic carbocycles. The minimum Gasteiger partial charge on any atom is -0.496 e. The summed E-state index contributed by atoms with van der Waals surface area (Å²) in [6.45, 7) is 18.2. The van der Waals surface area contributed by atoms with E-state index in [2.05, 4.69) is 109 Å². The summed E-state index contributed by atoms with van der Waals surface area (Å²) in [6, 6.07) is 9.44. The fraction of sp³-hybridized carbons (Fsp3) is 0.500. The van der Waals surface area contributed by atoms with Crippen molar-refractivity contribution in [2.45, 2.75) is 79.3 Å². The molecule has 1 aliphatic rings. The molecule has 0 amide bonds. The van der Waals surface area contributed by atoms with E-state index in [4.69, 9.17) is 4.74 Å². The lowest BCUT2D eigenvalue weighted by Crippen LogP contribution is -2.33. The molecular weight excluding hydrogens is 380 g/mol. The molecule has 2 aromatic rings. The Labute approximate surface area is 189 Å². The number of benzene rings is 2. The van der Waals surface area contributed by atoms with Crippen molar-refractivity contribution < 1.29 is 4.74 Å². The summed E-state index contributed by atoms with van der Waals surface area (Å²) in [6.07, 6.45) is 4.58. The Kier molecular flexibility index (Phi) is 6.73. The van der Waals surface area contributed by atoms with Gasteiger partial charge in [-0.2, -0.15) is 0 Å². The van der Waals surface area contributed by atoms with Gasteiger partial charge in [-0.1, -0.05) is 53.7 Å². The maximum absolute atomic E-state index is 5.87. The summed E-state index contributed by atoms with van der Waals surface area (Å²) in [5.74, 6) is 2.34. The van der Waals surface area contributed by atoms with Gasteiger partial charge in [0, 0.05) is 30.7 Å². The van der Waals surface area contributed by atoms with E-state index in [9.17, 15) is 0 Å². The molecular formula is C28H40N2O. The van der Waals surface area contributed by atoms with Crippen molar-refractivity contribution in [3.63, 3.8) is 0 Å². The second-order valence-electron chi connectivity index (χ2n) is 9.86. The third kappa shape index (κ3) is 4.33. The third-order valence-corrected chi connectivity index (χ3v) is 6.71. The van der Waals surface area contributed by atoms with E-state index in [0.29, 0.717) is 17.8 Å². The molecule has 0 N–H and O–H groups in total. The van der Waals surface area contributed by atoms with Gasteiger partial charge in [-0.15, -0.1) is 0 Å². The normalized spacial score (nSPS) is 16.4. The number of hydrogen-bond donors (Lipinski definition) is 0. The second kappa shape index (κ2) is 8.98. The molecule has 1 heterocycles. The van der Waals surface area contributed by atoms with Crippen LogP contribution in [-0.2, 0) is 0 Å². The highest BCUT2D eigenvalue weighted by Crippen LogP contribution is 2.43. The monoisotopic (exact) mass is 420 g/mol. The van der Waals surface area contributed by atoms with E-state index < -0.39 is 0 Å². The van der Waals surface area contributed by atoms with Gasteiger partial charge in [0.2, 0.25) is 0 Å². The Morgan fingerprint density at radius 3 is 1.84 bits per heavy atom. The fourth-order valence-corrected chi connectivity index (χ4v) is 4.49. The van der Waals surface area contributed by atoms with E-state index in [-0.39, 0.29) is 6.17 Å². The van der Waals surface area contributed by atoms with E-state index in [1.165, 1.54) is 39.1 Å². The largest absolute Gasteiger partial charge is 0.496 e. The van der Waals surface area contributed by atoms with Crippen LogP contribution in [0.2, 0.25) is 0 Å². The summed E-state index contributed by atoms with van der Waals surface area (Å²) in [5.41, 5.74) is 9.28. The van der Waals surface area contributed by atoms with Crippen LogP contribution in [0.15, 0.2) is 36.7 Å². The lowest BCUT2D eigenvalue weighted by molar-refractivity contribution is 0.381. The van der Waals surface area contributed by atoms with Crippen LogP contribution in [0.4, 0.5) is 5.69 Å². The number of hydrogen-bond acceptors (Lipinski definition) is 3. The average Bonchev–Trinajstić information content (AvgIpc) is 3.05. The molecule has 0 spiro atoms. The van der Waals surface area contributed by atoms with E-state index in [1.807, 2.05) is 0 Å². The van der Waals surface area contributed by atoms with Crippen molar-refractivity contribution in [1.82, 2.24) is 4.90 Å². The summed E-state index contributed by atoms with van der Waals surface area (Å²) < 4.78 is 5.87. The maximum Gasteiger partial charge on any atom is 0.124 e. The molecule has 1 atom stereocenters. The SMILES string of the molecule is COc1cc(-c2c(C(C)C)cc(C(C)C)cc2C(C)C)cc(N2C=CN(C)[C@H]2C)c1C. The summed E-state index contributed by atoms with van der Waals surface area (Å²) in [4.78, 5) is 4.57. The molecule has 0 aliphatic carbocycles. The lowest BCUT2D eigenvalue weighted by Gasteiger charge is -2.30. The highest BCUT2D eigenvalue weighted by Gasteiger charge is 2.25. The second-order valence-corrected chi connectivity index (χ2v) is 9.86. The van der Waals surface area contributed by atoms with Crippen LogP contribution < -0.4 is 9.64 Å². The van der Waals surface area contributed by atoms with Gasteiger partial charge in [0.05, 0.1) is 7.11 Å². The Bertz CT molecular complexity index is 942. The summed E-state index contributed by atoms with van der Waals surface area (Å²) >= 11 is 0. The lowest BCUT2D eigenvalue weighted by atomic mass is 9.81. The molecule has 3 nitrogen and oxygen atoms in total. The van der Waals surface area contributed by atoms with Crippen LogP contribution in [0.25, 0.3) is 11.1 Å². The summed E-state index contributed by atoms with van der Waals surface area (Å²) in [7, 11) is 3.90. The molecule has 0 unspecified atom stereocenters. The zero-order valence-electron chi connectivity index (χ0n) is 21.1. The highest BCUT2D eigenvalue weighted by atomic mass is 16.5. The van der Waals surface area contributed by atoms with Crippen molar-refractivity contribution in [3.05, 3.63) is 58.9 Å². The van der Waals surface area contributed by atoms with E-state index in [1.54, 1.807) is 7.11 Å². The average molecular weight is 421 g/mol. The smallest absolute Gasteiger partial charge is 0.124 e. The van der Waals surface area contributed by atoms with Gasteiger partial charge in [0.25, 0.3) is 0 Å². The fourth-order valence-electron chi connectivity index (χ4n) is 4.49. The quantitative estimate of drug-likeness (QED) is 0.478. The van der Waals surface area contributed by atoms with Crippen LogP contribution in [0, 0.1) is 6.92 Å². The Morgan fingerprint density at radius 1 is 0.839 bits per heavy atom. The third-order valence-electron chi connectivity index (χ3n) is 6.71. The topological polar surface area (TPSA) is 15.7 Å². The minimum absolute atomic E-state index is 0.274. The molecule has 0 saturated heterocycles. The summed E-state index contributed by atoms with van der Waals surface area (Å²) in [5, 5.41) is 0. The molecule has 0 radical (unpaired) electrons. The van der Waals surface area contributed by atoms with Gasteiger partial charge in [0.15, 0.2) is 0 Å². The number of anilines is 1. The van der Waals surface area contributed by atoms with Crippen molar-refractivity contribution in [1.29, 1.82) is 0 Å². The molecule has 0 aromatic heterocycles. The van der Waals surface area contributed by atoms with Crippen LogP contribution in [0.1, 0.15) is 88.5 Å². The zero-order valence-corrected chi connectivity index (χ0v) is 21.1. The minimum atomic E-state index is 0.274. The van der Waals surface area contributed by atoms with Crippen molar-refractivity contribution in [3.8, 4) is 16.9 Å². The predicted octanol–water partition coefficient (Wildman–Crippen LogP) is 7.61. The molecule has 0 saturated carbocycles. The Balaban J connectivity index is 2.32. The van der Waals surface area contributed by atoms with Gasteiger partial charge in [-0.25, -0.2) is 0 Å². The Morgan fingerprint density at radius 2 is 1.42 bits per heavy atom. The molecule has 3 rings (SSSR count). The maximum atomic E-state index is 5.87. The van der Waals surface area contributed by atoms with Gasteiger partial charge >= 0.3 is 0 Å². The van der Waals surface area contributed by atoms with Crippen LogP contribution in [0.3, 0.4) is 0 Å². The first kappa shape index (κ1) is 23.2. The van der Waals surface area contributed by atoms with E-state index in [0.717, 1.165) is 5.75 Å². The number of nitrogens with zero attached hydrogens (tertiary/aromatic N) is 2. The Hall–Kier alpha value is -2.42.